The van der Waals surface area contributed by atoms with Crippen molar-refractivity contribution in [3.63, 3.8) is 0 Å². The van der Waals surface area contributed by atoms with Crippen LogP contribution in [0.25, 0.3) is 0 Å². The molecule has 2 aromatic carbocycles. The van der Waals surface area contributed by atoms with Crippen LogP contribution < -0.4 is 14.2 Å². The molecule has 1 fully saturated rings. The largest absolute Gasteiger partial charge is 0.506 e. The molecule has 9 nitrogen and oxygen atoms in total. The van der Waals surface area contributed by atoms with Gasteiger partial charge in [-0.05, 0) is 35.4 Å². The van der Waals surface area contributed by atoms with Gasteiger partial charge >= 0.3 is 6.16 Å². The number of hydrogen-bond acceptors (Lipinski definition) is 7. The lowest BCUT2D eigenvalue weighted by Crippen LogP contribution is -2.39. The Bertz CT molecular complexity index is 1060. The number of carbonyl (C=O) groups is 2. The minimum Gasteiger partial charge on any atom is -0.497 e. The van der Waals surface area contributed by atoms with Crippen molar-refractivity contribution in [3.8, 4) is 17.2 Å². The Morgan fingerprint density at radius 1 is 1.11 bits per heavy atom. The SMILES string of the molecule is COc1ccc([C@@H]2[C@@H](OC(=O)O)[C@@H](c3ccc4c(c3)OCO4)CN2CCN(C)C(=O)C(C)C)cc1. The molecule has 0 saturated carbocycles. The Balaban J connectivity index is 1.67. The van der Waals surface area contributed by atoms with Crippen LogP contribution in [0.3, 0.4) is 0 Å². The van der Waals surface area contributed by atoms with Gasteiger partial charge in [0.2, 0.25) is 12.7 Å². The molecule has 2 aliphatic rings. The summed E-state index contributed by atoms with van der Waals surface area (Å²) in [5.74, 6) is 1.75. The third-order valence-corrected chi connectivity index (χ3v) is 6.64. The number of ether oxygens (including phenoxy) is 4. The topological polar surface area (TPSA) is 97.8 Å². The predicted octanol–water partition coefficient (Wildman–Crippen LogP) is 3.74. The number of amides is 1. The van der Waals surface area contributed by atoms with E-state index in [0.29, 0.717) is 36.9 Å². The van der Waals surface area contributed by atoms with E-state index in [2.05, 4.69) is 4.90 Å². The Hall–Kier alpha value is -3.46. The maximum absolute atomic E-state index is 12.4. The van der Waals surface area contributed by atoms with Gasteiger partial charge in [-0.2, -0.15) is 0 Å². The number of hydrogen-bond donors (Lipinski definition) is 1. The van der Waals surface area contributed by atoms with Crippen LogP contribution in [-0.2, 0) is 9.53 Å². The van der Waals surface area contributed by atoms with Crippen molar-refractivity contribution in [1.29, 1.82) is 0 Å². The first-order valence-corrected chi connectivity index (χ1v) is 11.7. The molecule has 3 atom stereocenters. The summed E-state index contributed by atoms with van der Waals surface area (Å²) >= 11 is 0. The number of methoxy groups -OCH3 is 1. The zero-order valence-electron chi connectivity index (χ0n) is 20.5. The van der Waals surface area contributed by atoms with Gasteiger partial charge in [0.1, 0.15) is 11.9 Å². The molecule has 1 amide bonds. The van der Waals surface area contributed by atoms with Gasteiger partial charge in [-0.1, -0.05) is 32.0 Å². The van der Waals surface area contributed by atoms with Crippen LogP contribution in [0.15, 0.2) is 42.5 Å². The quantitative estimate of drug-likeness (QED) is 0.566. The summed E-state index contributed by atoms with van der Waals surface area (Å²) in [7, 11) is 3.39. The van der Waals surface area contributed by atoms with Crippen molar-refractivity contribution in [2.24, 2.45) is 5.92 Å². The van der Waals surface area contributed by atoms with Crippen molar-refractivity contribution >= 4 is 12.1 Å². The smallest absolute Gasteiger partial charge is 0.497 e. The molecule has 9 heteroatoms. The summed E-state index contributed by atoms with van der Waals surface area (Å²) in [6.45, 7) is 5.54. The number of rotatable bonds is 8. The van der Waals surface area contributed by atoms with Gasteiger partial charge in [-0.15, -0.1) is 0 Å². The second-order valence-electron chi connectivity index (χ2n) is 9.19. The lowest BCUT2D eigenvalue weighted by Gasteiger charge is -2.30. The summed E-state index contributed by atoms with van der Waals surface area (Å²) in [4.78, 5) is 28.1. The molecule has 1 N–H and O–H groups in total. The van der Waals surface area contributed by atoms with Gasteiger partial charge in [-0.3, -0.25) is 9.69 Å². The van der Waals surface area contributed by atoms with Crippen molar-refractivity contribution in [2.45, 2.75) is 31.9 Å². The summed E-state index contributed by atoms with van der Waals surface area (Å²) in [6, 6.07) is 12.9. The highest BCUT2D eigenvalue weighted by Gasteiger charge is 2.46. The minimum absolute atomic E-state index is 0.0656. The van der Waals surface area contributed by atoms with Gasteiger partial charge in [0.15, 0.2) is 11.5 Å². The molecule has 0 aliphatic carbocycles. The maximum Gasteiger partial charge on any atom is 0.506 e. The van der Waals surface area contributed by atoms with E-state index in [9.17, 15) is 14.7 Å². The first-order chi connectivity index (χ1) is 16.8. The fourth-order valence-corrected chi connectivity index (χ4v) is 4.86. The van der Waals surface area contributed by atoms with Gasteiger partial charge in [0.25, 0.3) is 0 Å². The van der Waals surface area contributed by atoms with E-state index >= 15 is 0 Å². The van der Waals surface area contributed by atoms with E-state index in [0.717, 1.165) is 11.1 Å². The molecule has 188 valence electrons. The highest BCUT2D eigenvalue weighted by molar-refractivity contribution is 5.77. The number of nitrogens with zero attached hydrogens (tertiary/aromatic N) is 2. The molecule has 1 saturated heterocycles. The Morgan fingerprint density at radius 3 is 2.46 bits per heavy atom. The second-order valence-corrected chi connectivity index (χ2v) is 9.19. The van der Waals surface area contributed by atoms with E-state index in [1.54, 1.807) is 19.1 Å². The lowest BCUT2D eigenvalue weighted by molar-refractivity contribution is -0.133. The summed E-state index contributed by atoms with van der Waals surface area (Å²) in [5, 5.41) is 9.62. The maximum atomic E-state index is 12.4. The molecule has 35 heavy (non-hydrogen) atoms. The van der Waals surface area contributed by atoms with Gasteiger partial charge in [0, 0.05) is 38.5 Å². The zero-order chi connectivity index (χ0) is 25.1. The molecule has 0 bridgehead atoms. The number of likely N-dealkylation sites (tertiary alicyclic amines) is 1. The number of likely N-dealkylation sites (N-methyl/N-ethyl adjacent to an activating group) is 1. The molecular weight excluding hydrogens is 452 g/mol. The van der Waals surface area contributed by atoms with E-state index < -0.39 is 12.3 Å². The molecule has 4 rings (SSSR count). The van der Waals surface area contributed by atoms with Crippen LogP contribution in [0.2, 0.25) is 0 Å². The fourth-order valence-electron chi connectivity index (χ4n) is 4.86. The van der Waals surface area contributed by atoms with E-state index in [-0.39, 0.29) is 30.6 Å². The molecule has 0 aromatic heterocycles. The molecule has 2 heterocycles. The second kappa shape index (κ2) is 10.4. The van der Waals surface area contributed by atoms with Crippen LogP contribution in [0.5, 0.6) is 17.2 Å². The molecule has 0 spiro atoms. The number of benzene rings is 2. The van der Waals surface area contributed by atoms with Crippen LogP contribution in [0, 0.1) is 5.92 Å². The average Bonchev–Trinajstić information content (AvgIpc) is 3.45. The molecule has 0 radical (unpaired) electrons. The first-order valence-electron chi connectivity index (χ1n) is 11.7. The zero-order valence-corrected chi connectivity index (χ0v) is 20.5. The van der Waals surface area contributed by atoms with Crippen molar-refractivity contribution in [3.05, 3.63) is 53.6 Å². The van der Waals surface area contributed by atoms with Gasteiger partial charge in [-0.25, -0.2) is 4.79 Å². The minimum atomic E-state index is -1.33. The van der Waals surface area contributed by atoms with Crippen molar-refractivity contribution < 1.29 is 33.6 Å². The van der Waals surface area contributed by atoms with Gasteiger partial charge < -0.3 is 29.0 Å². The highest BCUT2D eigenvalue weighted by atomic mass is 16.7. The van der Waals surface area contributed by atoms with Gasteiger partial charge in [0.05, 0.1) is 13.2 Å². The van der Waals surface area contributed by atoms with Crippen LogP contribution in [-0.4, -0.2) is 73.7 Å². The van der Waals surface area contributed by atoms with Crippen LogP contribution in [0.4, 0.5) is 4.79 Å². The normalized spacial score (nSPS) is 21.2. The number of carboxylic acid groups (broad SMARTS) is 1. The number of carbonyl (C=O) groups excluding carboxylic acids is 1. The van der Waals surface area contributed by atoms with E-state index in [1.807, 2.05) is 56.3 Å². The molecule has 2 aromatic rings. The lowest BCUT2D eigenvalue weighted by atomic mass is 9.90. The third-order valence-electron chi connectivity index (χ3n) is 6.64. The summed E-state index contributed by atoms with van der Waals surface area (Å²) in [5.41, 5.74) is 1.83. The molecule has 0 unspecified atom stereocenters. The fraction of sp³-hybridized carbons (Fsp3) is 0.462. The monoisotopic (exact) mass is 484 g/mol. The van der Waals surface area contributed by atoms with Crippen LogP contribution in [0.1, 0.15) is 36.9 Å². The summed E-state index contributed by atoms with van der Waals surface area (Å²) in [6.07, 6.45) is -1.99. The number of fused-ring (bicyclic) bond motifs is 1. The van der Waals surface area contributed by atoms with Crippen LogP contribution >= 0.6 is 0 Å². The van der Waals surface area contributed by atoms with Crippen molar-refractivity contribution in [2.75, 3.05) is 40.6 Å². The molecular formula is C26H32N2O7. The molecule has 2 aliphatic heterocycles. The Labute approximate surface area is 205 Å². The summed E-state index contributed by atoms with van der Waals surface area (Å²) < 4.78 is 21.8. The van der Waals surface area contributed by atoms with E-state index in [4.69, 9.17) is 18.9 Å². The Kier molecular flexibility index (Phi) is 7.35. The predicted molar refractivity (Wildman–Crippen MR) is 128 cm³/mol. The average molecular weight is 485 g/mol. The van der Waals surface area contributed by atoms with Crippen molar-refractivity contribution in [1.82, 2.24) is 9.80 Å². The Morgan fingerprint density at radius 2 is 1.80 bits per heavy atom. The standard InChI is InChI=1S/C26H32N2O7/c1-16(2)25(29)27(3)11-12-28-14-20(18-7-10-21-22(13-18)34-15-33-21)24(35-26(30)31)23(28)17-5-8-19(32-4)9-6-17/h5-10,13,16,20,23-24H,11-12,14-15H2,1-4H3,(H,30,31)/t20-,23-,24+/m1/s1. The van der Waals surface area contributed by atoms with E-state index in [1.165, 1.54) is 0 Å². The first kappa shape index (κ1) is 24.7. The highest BCUT2D eigenvalue weighted by Crippen LogP contribution is 2.45. The third kappa shape index (κ3) is 5.30.